The minimum Gasteiger partial charge on any atom is -0.494 e. The van der Waals surface area contributed by atoms with Gasteiger partial charge in [-0.3, -0.25) is 0 Å². The van der Waals surface area contributed by atoms with Crippen LogP contribution in [0.25, 0.3) is 0 Å². The molecule has 1 rings (SSSR count). The van der Waals surface area contributed by atoms with E-state index in [2.05, 4.69) is 22.6 Å². The van der Waals surface area contributed by atoms with Crippen molar-refractivity contribution in [3.63, 3.8) is 0 Å². The molecule has 0 heterocycles. The fourth-order valence-electron chi connectivity index (χ4n) is 1.17. The third kappa shape index (κ3) is 2.85. The number of halogens is 1. The highest BCUT2D eigenvalue weighted by Crippen LogP contribution is 2.25. The maximum atomic E-state index is 9.05. The lowest BCUT2D eigenvalue weighted by molar-refractivity contribution is 0.314. The van der Waals surface area contributed by atoms with Crippen molar-refractivity contribution in [2.24, 2.45) is 0 Å². The second-order valence-electron chi connectivity index (χ2n) is 3.01. The Balaban J connectivity index is 2.95. The summed E-state index contributed by atoms with van der Waals surface area (Å²) < 4.78 is 6.53. The van der Waals surface area contributed by atoms with Crippen LogP contribution in [0.1, 0.15) is 19.4 Å². The van der Waals surface area contributed by atoms with Crippen LogP contribution in [0.5, 0.6) is 5.75 Å². The van der Waals surface area contributed by atoms with Gasteiger partial charge in [-0.2, -0.15) is 0 Å². The Kier molecular flexibility index (Phi) is 4.68. The first kappa shape index (κ1) is 11.8. The topological polar surface area (TPSA) is 29.5 Å². The van der Waals surface area contributed by atoms with E-state index in [1.165, 1.54) is 0 Å². The minimum absolute atomic E-state index is 0.0889. The van der Waals surface area contributed by atoms with E-state index in [-0.39, 0.29) is 6.61 Å². The van der Waals surface area contributed by atoms with Gasteiger partial charge in [0.1, 0.15) is 5.75 Å². The van der Waals surface area contributed by atoms with Crippen molar-refractivity contribution < 1.29 is 9.84 Å². The molecule has 0 atom stereocenters. The molecular weight excluding hydrogens is 291 g/mol. The molecule has 0 aliphatic rings. The zero-order valence-electron chi connectivity index (χ0n) is 8.38. The van der Waals surface area contributed by atoms with Crippen LogP contribution in [0, 0.1) is 9.49 Å². The summed E-state index contributed by atoms with van der Waals surface area (Å²) in [7, 11) is 0. The first-order valence-electron chi connectivity index (χ1n) is 4.55. The van der Waals surface area contributed by atoms with E-state index in [1.807, 2.05) is 32.0 Å². The van der Waals surface area contributed by atoms with E-state index in [4.69, 9.17) is 9.84 Å². The van der Waals surface area contributed by atoms with E-state index >= 15 is 0 Å². The van der Waals surface area contributed by atoms with E-state index < -0.39 is 0 Å². The minimum atomic E-state index is 0.0889. The number of aliphatic hydroxyl groups excluding tert-OH is 1. The SMILES string of the molecule is CCOc1ccc(I)c([C](C)CO)c1. The summed E-state index contributed by atoms with van der Waals surface area (Å²) in [5.74, 6) is 1.83. The quantitative estimate of drug-likeness (QED) is 0.867. The van der Waals surface area contributed by atoms with Gasteiger partial charge in [0, 0.05) is 9.49 Å². The number of hydrogen-bond acceptors (Lipinski definition) is 2. The van der Waals surface area contributed by atoms with Crippen LogP contribution < -0.4 is 4.74 Å². The summed E-state index contributed by atoms with van der Waals surface area (Å²) in [5.41, 5.74) is 1.07. The second-order valence-corrected chi connectivity index (χ2v) is 4.18. The van der Waals surface area contributed by atoms with Crippen molar-refractivity contribution in [1.29, 1.82) is 0 Å². The Morgan fingerprint density at radius 1 is 1.50 bits per heavy atom. The molecule has 1 N–H and O–H groups in total. The van der Waals surface area contributed by atoms with Gasteiger partial charge in [-0.05, 0) is 53.3 Å². The van der Waals surface area contributed by atoms with Crippen molar-refractivity contribution in [2.75, 3.05) is 13.2 Å². The first-order valence-corrected chi connectivity index (χ1v) is 5.63. The molecule has 0 fully saturated rings. The van der Waals surface area contributed by atoms with Gasteiger partial charge in [-0.1, -0.05) is 6.92 Å². The predicted octanol–water partition coefficient (Wildman–Crippen LogP) is 2.62. The van der Waals surface area contributed by atoms with Crippen molar-refractivity contribution in [2.45, 2.75) is 13.8 Å². The Bertz CT molecular complexity index is 299. The molecule has 14 heavy (non-hydrogen) atoms. The molecule has 1 radical (unpaired) electrons. The van der Waals surface area contributed by atoms with Crippen LogP contribution >= 0.6 is 22.6 Å². The summed E-state index contributed by atoms with van der Waals surface area (Å²) >= 11 is 2.26. The second kappa shape index (κ2) is 5.56. The predicted molar refractivity (Wildman–Crippen MR) is 65.4 cm³/mol. The molecule has 3 heteroatoms. The molecule has 0 aliphatic carbocycles. The Labute approximate surface area is 98.4 Å². The zero-order chi connectivity index (χ0) is 10.6. The van der Waals surface area contributed by atoms with E-state index in [9.17, 15) is 0 Å². The van der Waals surface area contributed by atoms with Crippen molar-refractivity contribution in [3.05, 3.63) is 33.3 Å². The molecule has 0 bridgehead atoms. The van der Waals surface area contributed by atoms with Crippen molar-refractivity contribution >= 4 is 22.6 Å². The number of benzene rings is 1. The highest BCUT2D eigenvalue weighted by molar-refractivity contribution is 14.1. The summed E-state index contributed by atoms with van der Waals surface area (Å²) in [6.07, 6.45) is 0. The molecule has 0 saturated carbocycles. The molecule has 0 unspecified atom stereocenters. The third-order valence-electron chi connectivity index (χ3n) is 1.95. The number of hydrogen-bond donors (Lipinski definition) is 1. The zero-order valence-corrected chi connectivity index (χ0v) is 10.5. The lowest BCUT2D eigenvalue weighted by Gasteiger charge is -2.12. The van der Waals surface area contributed by atoms with Gasteiger partial charge in [0.2, 0.25) is 0 Å². The van der Waals surface area contributed by atoms with Crippen LogP contribution in [0.4, 0.5) is 0 Å². The van der Waals surface area contributed by atoms with Crippen LogP contribution in [0.15, 0.2) is 18.2 Å². The normalized spacial score (nSPS) is 10.6. The fraction of sp³-hybridized carbons (Fsp3) is 0.364. The maximum Gasteiger partial charge on any atom is 0.119 e. The van der Waals surface area contributed by atoms with Crippen molar-refractivity contribution in [1.82, 2.24) is 0 Å². The lowest BCUT2D eigenvalue weighted by Crippen LogP contribution is -2.03. The van der Waals surface area contributed by atoms with Gasteiger partial charge >= 0.3 is 0 Å². The Hall–Kier alpha value is -0.290. The molecule has 1 aromatic carbocycles. The fourth-order valence-corrected chi connectivity index (χ4v) is 1.97. The van der Waals surface area contributed by atoms with Crippen LogP contribution in [-0.2, 0) is 0 Å². The number of rotatable bonds is 4. The average molecular weight is 305 g/mol. The summed E-state index contributed by atoms with van der Waals surface area (Å²) in [6.45, 7) is 4.64. The first-order chi connectivity index (χ1) is 6.69. The number of ether oxygens (including phenoxy) is 1. The molecule has 0 aliphatic heterocycles. The molecule has 0 spiro atoms. The largest absolute Gasteiger partial charge is 0.494 e. The van der Waals surface area contributed by atoms with Gasteiger partial charge < -0.3 is 9.84 Å². The third-order valence-corrected chi connectivity index (χ3v) is 2.89. The van der Waals surface area contributed by atoms with Gasteiger partial charge in [0.15, 0.2) is 0 Å². The van der Waals surface area contributed by atoms with E-state index in [0.717, 1.165) is 20.8 Å². The van der Waals surface area contributed by atoms with Gasteiger partial charge in [-0.15, -0.1) is 0 Å². The highest BCUT2D eigenvalue weighted by Gasteiger charge is 2.09. The highest BCUT2D eigenvalue weighted by atomic mass is 127. The molecule has 2 nitrogen and oxygen atoms in total. The monoisotopic (exact) mass is 305 g/mol. The molecule has 77 valence electrons. The van der Waals surface area contributed by atoms with Gasteiger partial charge in [0.25, 0.3) is 0 Å². The average Bonchev–Trinajstić information content (AvgIpc) is 2.20. The smallest absolute Gasteiger partial charge is 0.119 e. The van der Waals surface area contributed by atoms with Gasteiger partial charge in [0.05, 0.1) is 13.2 Å². The van der Waals surface area contributed by atoms with E-state index in [0.29, 0.717) is 6.61 Å². The molecule has 0 amide bonds. The van der Waals surface area contributed by atoms with E-state index in [1.54, 1.807) is 0 Å². The van der Waals surface area contributed by atoms with Crippen LogP contribution in [0.3, 0.4) is 0 Å². The lowest BCUT2D eigenvalue weighted by atomic mass is 10.0. The molecule has 0 aromatic heterocycles. The summed E-state index contributed by atoms with van der Waals surface area (Å²) in [6, 6.07) is 5.91. The van der Waals surface area contributed by atoms with Gasteiger partial charge in [-0.25, -0.2) is 0 Å². The maximum absolute atomic E-state index is 9.05. The summed E-state index contributed by atoms with van der Waals surface area (Å²) in [5, 5.41) is 9.05. The van der Waals surface area contributed by atoms with Crippen molar-refractivity contribution in [3.8, 4) is 5.75 Å². The number of aliphatic hydroxyl groups is 1. The Morgan fingerprint density at radius 2 is 2.21 bits per heavy atom. The van der Waals surface area contributed by atoms with Crippen LogP contribution in [0.2, 0.25) is 0 Å². The molecule has 0 saturated heterocycles. The van der Waals surface area contributed by atoms with Crippen LogP contribution in [-0.4, -0.2) is 18.3 Å². The summed E-state index contributed by atoms with van der Waals surface area (Å²) in [4.78, 5) is 0. The Morgan fingerprint density at radius 3 is 2.79 bits per heavy atom. The molecule has 1 aromatic rings. The molecular formula is C11H14IO2. The standard InChI is InChI=1S/C11H14IO2/c1-3-14-9-4-5-11(12)10(6-9)8(2)7-13/h4-6,13H,3,7H2,1-2H3.